The molecule has 3 nitrogen and oxygen atoms in total. The van der Waals surface area contributed by atoms with Gasteiger partial charge in [-0.1, -0.05) is 13.8 Å². The molecule has 1 radical (unpaired) electrons. The number of hydrogen-bond donors (Lipinski definition) is 0. The van der Waals surface area contributed by atoms with Crippen molar-refractivity contribution in [2.45, 2.75) is 19.8 Å². The Morgan fingerprint density at radius 2 is 2.25 bits per heavy atom. The van der Waals surface area contributed by atoms with Crippen LogP contribution < -0.4 is 0 Å². The highest BCUT2D eigenvalue weighted by Crippen LogP contribution is 2.24. The smallest absolute Gasteiger partial charge is 0.258 e. The first-order chi connectivity index (χ1) is 5.63. The molecule has 0 aliphatic rings. The van der Waals surface area contributed by atoms with Gasteiger partial charge in [-0.05, 0) is 24.1 Å². The Morgan fingerprint density at radius 3 is 2.67 bits per heavy atom. The van der Waals surface area contributed by atoms with Gasteiger partial charge < -0.3 is 0 Å². The Balaban J connectivity index is 3.17. The summed E-state index contributed by atoms with van der Waals surface area (Å²) in [4.78, 5) is 10.2. The second-order valence-corrected chi connectivity index (χ2v) is 2.90. The molecule has 12 heavy (non-hydrogen) atoms. The fraction of sp³-hybridized carbons (Fsp3) is 0.333. The summed E-state index contributed by atoms with van der Waals surface area (Å²) in [7, 11) is 0. The number of nitro benzene ring substituents is 1. The molecule has 0 aliphatic carbocycles. The van der Waals surface area contributed by atoms with Crippen molar-refractivity contribution < 1.29 is 4.92 Å². The minimum Gasteiger partial charge on any atom is -0.258 e. The second kappa shape index (κ2) is 3.34. The van der Waals surface area contributed by atoms with Crippen LogP contribution in [0.4, 0.5) is 5.69 Å². The van der Waals surface area contributed by atoms with Crippen molar-refractivity contribution >= 4 is 5.69 Å². The predicted octanol–water partition coefficient (Wildman–Crippen LogP) is 2.52. The van der Waals surface area contributed by atoms with Crippen LogP contribution in [0.5, 0.6) is 0 Å². The van der Waals surface area contributed by atoms with Gasteiger partial charge in [0, 0.05) is 11.6 Å². The Morgan fingerprint density at radius 1 is 1.58 bits per heavy atom. The molecule has 0 amide bonds. The average molecular weight is 164 g/mol. The van der Waals surface area contributed by atoms with E-state index in [2.05, 4.69) is 6.07 Å². The molecule has 0 fully saturated rings. The third-order valence-electron chi connectivity index (χ3n) is 1.69. The van der Waals surface area contributed by atoms with Gasteiger partial charge >= 0.3 is 0 Å². The van der Waals surface area contributed by atoms with E-state index in [1.54, 1.807) is 12.1 Å². The largest absolute Gasteiger partial charge is 0.272 e. The summed E-state index contributed by atoms with van der Waals surface area (Å²) in [5.74, 6) is 0.169. The highest BCUT2D eigenvalue weighted by Gasteiger charge is 2.14. The molecule has 0 saturated heterocycles. The molecule has 0 atom stereocenters. The van der Waals surface area contributed by atoms with Crippen LogP contribution in [0.2, 0.25) is 0 Å². The Hall–Kier alpha value is -1.38. The molecular formula is C9H10NO2. The lowest BCUT2D eigenvalue weighted by molar-refractivity contribution is -0.385. The van der Waals surface area contributed by atoms with Crippen molar-refractivity contribution in [3.63, 3.8) is 0 Å². The monoisotopic (exact) mass is 164 g/mol. The van der Waals surface area contributed by atoms with Crippen LogP contribution in [0.25, 0.3) is 0 Å². The summed E-state index contributed by atoms with van der Waals surface area (Å²) in [5.41, 5.74) is 0.922. The van der Waals surface area contributed by atoms with Crippen molar-refractivity contribution in [3.05, 3.63) is 39.9 Å². The van der Waals surface area contributed by atoms with Crippen LogP contribution in [0.15, 0.2) is 18.2 Å². The van der Waals surface area contributed by atoms with Gasteiger partial charge in [0.1, 0.15) is 0 Å². The molecule has 0 bridgehead atoms. The highest BCUT2D eigenvalue weighted by atomic mass is 16.6. The maximum Gasteiger partial charge on any atom is 0.272 e. The summed E-state index contributed by atoms with van der Waals surface area (Å²) in [5, 5.41) is 10.5. The van der Waals surface area contributed by atoms with Crippen LogP contribution in [0.1, 0.15) is 25.3 Å². The quantitative estimate of drug-likeness (QED) is 0.498. The minimum absolute atomic E-state index is 0.169. The maximum absolute atomic E-state index is 10.5. The highest BCUT2D eigenvalue weighted by molar-refractivity contribution is 5.41. The van der Waals surface area contributed by atoms with Gasteiger partial charge in [-0.25, -0.2) is 0 Å². The lowest BCUT2D eigenvalue weighted by atomic mass is 10.0. The number of nitro groups is 1. The van der Waals surface area contributed by atoms with Crippen LogP contribution in [0, 0.1) is 16.2 Å². The molecule has 1 aromatic carbocycles. The first-order valence-corrected chi connectivity index (χ1v) is 3.77. The summed E-state index contributed by atoms with van der Waals surface area (Å²) in [6, 6.07) is 7.54. The van der Waals surface area contributed by atoms with Gasteiger partial charge in [0.2, 0.25) is 0 Å². The number of benzene rings is 1. The molecule has 1 rings (SSSR count). The topological polar surface area (TPSA) is 43.1 Å². The van der Waals surface area contributed by atoms with Gasteiger partial charge in [-0.15, -0.1) is 0 Å². The summed E-state index contributed by atoms with van der Waals surface area (Å²) < 4.78 is 0. The first kappa shape index (κ1) is 8.71. The van der Waals surface area contributed by atoms with Crippen molar-refractivity contribution in [3.8, 4) is 0 Å². The van der Waals surface area contributed by atoms with E-state index in [0.717, 1.165) is 5.56 Å². The van der Waals surface area contributed by atoms with Crippen molar-refractivity contribution in [2.24, 2.45) is 0 Å². The summed E-state index contributed by atoms with van der Waals surface area (Å²) >= 11 is 0. The molecule has 63 valence electrons. The fourth-order valence-electron chi connectivity index (χ4n) is 1.06. The van der Waals surface area contributed by atoms with E-state index in [1.807, 2.05) is 13.8 Å². The fourth-order valence-corrected chi connectivity index (χ4v) is 1.06. The maximum atomic E-state index is 10.5. The van der Waals surface area contributed by atoms with Crippen molar-refractivity contribution in [1.82, 2.24) is 0 Å². The normalized spacial score (nSPS) is 10.2. The SMILES string of the molecule is CC(C)c1c[c]ccc1[N+](=O)[O-]. The third-order valence-corrected chi connectivity index (χ3v) is 1.69. The third kappa shape index (κ3) is 1.61. The molecule has 0 saturated carbocycles. The molecule has 0 aromatic heterocycles. The zero-order valence-corrected chi connectivity index (χ0v) is 7.07. The van der Waals surface area contributed by atoms with E-state index in [1.165, 1.54) is 6.07 Å². The van der Waals surface area contributed by atoms with E-state index in [9.17, 15) is 10.1 Å². The number of hydrogen-bond acceptors (Lipinski definition) is 2. The standard InChI is InChI=1S/C9H10NO2/c1-7(2)8-5-3-4-6-9(8)10(11)12/h4-7H,1-2H3. The van der Waals surface area contributed by atoms with Crippen LogP contribution in [0.3, 0.4) is 0 Å². The number of rotatable bonds is 2. The number of nitrogens with zero attached hydrogens (tertiary/aromatic N) is 1. The average Bonchev–Trinajstić information content (AvgIpc) is 2.04. The van der Waals surface area contributed by atoms with Gasteiger partial charge in [0.05, 0.1) is 4.92 Å². The van der Waals surface area contributed by atoms with E-state index in [-0.39, 0.29) is 16.5 Å². The minimum atomic E-state index is -0.358. The molecular weight excluding hydrogens is 154 g/mol. The molecule has 3 heteroatoms. The van der Waals surface area contributed by atoms with Gasteiger partial charge in [0.25, 0.3) is 5.69 Å². The lowest BCUT2D eigenvalue weighted by Gasteiger charge is -2.04. The molecule has 0 aliphatic heterocycles. The molecule has 0 heterocycles. The molecule has 0 unspecified atom stereocenters. The van der Waals surface area contributed by atoms with Gasteiger partial charge in [-0.3, -0.25) is 10.1 Å². The molecule has 0 N–H and O–H groups in total. The van der Waals surface area contributed by atoms with Crippen molar-refractivity contribution in [2.75, 3.05) is 0 Å². The zero-order valence-electron chi connectivity index (χ0n) is 7.07. The van der Waals surface area contributed by atoms with Crippen LogP contribution in [-0.2, 0) is 0 Å². The van der Waals surface area contributed by atoms with Gasteiger partial charge in [-0.2, -0.15) is 0 Å². The second-order valence-electron chi connectivity index (χ2n) is 2.90. The van der Waals surface area contributed by atoms with Crippen LogP contribution in [-0.4, -0.2) is 4.92 Å². The predicted molar refractivity (Wildman–Crippen MR) is 46.0 cm³/mol. The van der Waals surface area contributed by atoms with E-state index in [0.29, 0.717) is 0 Å². The Kier molecular flexibility index (Phi) is 2.43. The molecule has 1 aromatic rings. The lowest BCUT2D eigenvalue weighted by Crippen LogP contribution is -1.96. The summed E-state index contributed by atoms with van der Waals surface area (Å²) in [6.45, 7) is 3.85. The molecule has 0 spiro atoms. The zero-order chi connectivity index (χ0) is 9.14. The Labute approximate surface area is 71.2 Å². The van der Waals surface area contributed by atoms with E-state index < -0.39 is 0 Å². The Bertz CT molecular complexity index is 294. The van der Waals surface area contributed by atoms with E-state index >= 15 is 0 Å². The van der Waals surface area contributed by atoms with E-state index in [4.69, 9.17) is 0 Å². The first-order valence-electron chi connectivity index (χ1n) is 3.77. The van der Waals surface area contributed by atoms with Crippen molar-refractivity contribution in [1.29, 1.82) is 0 Å². The van der Waals surface area contributed by atoms with Crippen LogP contribution >= 0.6 is 0 Å². The van der Waals surface area contributed by atoms with Gasteiger partial charge in [0.15, 0.2) is 0 Å². The summed E-state index contributed by atoms with van der Waals surface area (Å²) in [6.07, 6.45) is 0.